The minimum atomic E-state index is -0.543. The molecule has 0 saturated heterocycles. The van der Waals surface area contributed by atoms with Gasteiger partial charge in [0.2, 0.25) is 0 Å². The quantitative estimate of drug-likeness (QED) is 0.527. The molecule has 27 heavy (non-hydrogen) atoms. The molecule has 0 aliphatic heterocycles. The predicted molar refractivity (Wildman–Crippen MR) is 101 cm³/mol. The largest absolute Gasteiger partial charge is 0.494 e. The van der Waals surface area contributed by atoms with Gasteiger partial charge in [0.05, 0.1) is 35.2 Å². The molecular weight excluding hydrogens is 372 g/mol. The minimum absolute atomic E-state index is 0.143. The number of amides is 1. The van der Waals surface area contributed by atoms with E-state index in [1.165, 1.54) is 30.0 Å². The van der Waals surface area contributed by atoms with Crippen LogP contribution in [0.15, 0.2) is 48.5 Å². The molecule has 0 unspecified atom stereocenters. The molecule has 0 radical (unpaired) electrons. The summed E-state index contributed by atoms with van der Waals surface area (Å²) in [5, 5.41) is 18.0. The molecule has 0 aliphatic carbocycles. The first kappa shape index (κ1) is 18.4. The van der Waals surface area contributed by atoms with Crippen molar-refractivity contribution < 1.29 is 14.5 Å². The Bertz CT molecular complexity index is 1020. The molecule has 0 bridgehead atoms. The fourth-order valence-corrected chi connectivity index (χ4v) is 2.94. The lowest BCUT2D eigenvalue weighted by Crippen LogP contribution is -2.14. The number of halogens is 1. The zero-order chi connectivity index (χ0) is 19.6. The topological polar surface area (TPSA) is 99.3 Å². The van der Waals surface area contributed by atoms with Crippen LogP contribution >= 0.6 is 11.6 Å². The number of hydrogen-bond acceptors (Lipinski definition) is 5. The van der Waals surface area contributed by atoms with Crippen LogP contribution in [-0.2, 0) is 0 Å². The number of nitrogens with one attached hydrogen (secondary N) is 1. The Morgan fingerprint density at radius 3 is 2.59 bits per heavy atom. The highest BCUT2D eigenvalue weighted by molar-refractivity contribution is 6.34. The molecule has 9 heteroatoms. The summed E-state index contributed by atoms with van der Waals surface area (Å²) in [5.74, 6) is -0.325. The number of methoxy groups -OCH3 is 1. The lowest BCUT2D eigenvalue weighted by atomic mass is 10.2. The number of non-ortho nitro benzene ring substituents is 1. The summed E-state index contributed by atoms with van der Waals surface area (Å²) in [7, 11) is 1.36. The van der Waals surface area contributed by atoms with Crippen molar-refractivity contribution in [2.24, 2.45) is 0 Å². The van der Waals surface area contributed by atoms with E-state index < -0.39 is 10.8 Å². The molecule has 0 fully saturated rings. The predicted octanol–water partition coefficient (Wildman–Crippen LogP) is 4.00. The van der Waals surface area contributed by atoms with Gasteiger partial charge in [0.15, 0.2) is 0 Å². The van der Waals surface area contributed by atoms with Gasteiger partial charge < -0.3 is 10.1 Å². The fraction of sp³-hybridized carbons (Fsp3) is 0.111. The number of anilines is 1. The number of carbonyl (C=O) groups is 1. The molecule has 1 heterocycles. The van der Waals surface area contributed by atoms with Crippen molar-refractivity contribution in [1.29, 1.82) is 0 Å². The van der Waals surface area contributed by atoms with E-state index in [1.807, 2.05) is 30.3 Å². The zero-order valence-electron chi connectivity index (χ0n) is 14.5. The number of nitro benzene ring substituents is 1. The molecule has 3 aromatic rings. The Kier molecular flexibility index (Phi) is 5.09. The van der Waals surface area contributed by atoms with Gasteiger partial charge in [-0.2, -0.15) is 5.10 Å². The SMILES string of the molecule is COc1cc([N+](=O)[O-])ccc1NC(=O)c1c(C)nn(-c2ccccc2)c1Cl. The second kappa shape index (κ2) is 7.46. The molecule has 3 rings (SSSR count). The number of aryl methyl sites for hydroxylation is 1. The van der Waals surface area contributed by atoms with Gasteiger partial charge in [-0.1, -0.05) is 29.8 Å². The van der Waals surface area contributed by atoms with Crippen LogP contribution < -0.4 is 10.1 Å². The lowest BCUT2D eigenvalue weighted by Gasteiger charge is -2.10. The third kappa shape index (κ3) is 3.61. The smallest absolute Gasteiger partial charge is 0.273 e. The van der Waals surface area contributed by atoms with E-state index in [9.17, 15) is 14.9 Å². The van der Waals surface area contributed by atoms with E-state index >= 15 is 0 Å². The summed E-state index contributed by atoms with van der Waals surface area (Å²) >= 11 is 6.38. The lowest BCUT2D eigenvalue weighted by molar-refractivity contribution is -0.384. The molecule has 1 N–H and O–H groups in total. The van der Waals surface area contributed by atoms with Gasteiger partial charge in [-0.15, -0.1) is 0 Å². The van der Waals surface area contributed by atoms with Crippen molar-refractivity contribution in [1.82, 2.24) is 9.78 Å². The Hall–Kier alpha value is -3.39. The second-order valence-electron chi connectivity index (χ2n) is 5.59. The molecular formula is C18H15ClN4O4. The Labute approximate surface area is 159 Å². The molecule has 8 nitrogen and oxygen atoms in total. The molecule has 0 aliphatic rings. The highest BCUT2D eigenvalue weighted by atomic mass is 35.5. The summed E-state index contributed by atoms with van der Waals surface area (Å²) in [5.41, 5.74) is 1.52. The summed E-state index contributed by atoms with van der Waals surface area (Å²) in [6.45, 7) is 1.67. The summed E-state index contributed by atoms with van der Waals surface area (Å²) in [6, 6.07) is 13.1. The third-order valence-electron chi connectivity index (χ3n) is 3.88. The van der Waals surface area contributed by atoms with Gasteiger partial charge in [-0.3, -0.25) is 14.9 Å². The van der Waals surface area contributed by atoms with Crippen molar-refractivity contribution >= 4 is 28.9 Å². The van der Waals surface area contributed by atoms with Crippen LogP contribution in [-0.4, -0.2) is 27.7 Å². The maximum Gasteiger partial charge on any atom is 0.273 e. The number of nitrogens with zero attached hydrogens (tertiary/aromatic N) is 3. The number of hydrogen-bond donors (Lipinski definition) is 1. The number of benzene rings is 2. The van der Waals surface area contributed by atoms with E-state index in [0.29, 0.717) is 5.69 Å². The van der Waals surface area contributed by atoms with Crippen LogP contribution in [0.2, 0.25) is 5.15 Å². The van der Waals surface area contributed by atoms with Gasteiger partial charge >= 0.3 is 0 Å². The van der Waals surface area contributed by atoms with Crippen LogP contribution in [0.1, 0.15) is 16.1 Å². The average molecular weight is 387 g/mol. The first-order chi connectivity index (χ1) is 12.9. The molecule has 138 valence electrons. The number of ether oxygens (including phenoxy) is 1. The molecule has 0 spiro atoms. The molecule has 2 aromatic carbocycles. The first-order valence-corrected chi connectivity index (χ1v) is 8.24. The van der Waals surface area contributed by atoms with E-state index in [1.54, 1.807) is 6.92 Å². The van der Waals surface area contributed by atoms with Crippen LogP contribution in [0.4, 0.5) is 11.4 Å². The first-order valence-electron chi connectivity index (χ1n) is 7.86. The summed E-state index contributed by atoms with van der Waals surface area (Å²) in [4.78, 5) is 23.1. The van der Waals surface area contributed by atoms with Crippen molar-refractivity contribution in [3.8, 4) is 11.4 Å². The Balaban J connectivity index is 1.94. The van der Waals surface area contributed by atoms with E-state index in [2.05, 4.69) is 10.4 Å². The van der Waals surface area contributed by atoms with Gasteiger partial charge in [0, 0.05) is 6.07 Å². The zero-order valence-corrected chi connectivity index (χ0v) is 15.2. The molecule has 1 amide bonds. The number of para-hydroxylation sites is 1. The maximum absolute atomic E-state index is 12.7. The van der Waals surface area contributed by atoms with Crippen molar-refractivity contribution in [2.45, 2.75) is 6.92 Å². The number of rotatable bonds is 5. The van der Waals surface area contributed by atoms with Crippen molar-refractivity contribution in [2.75, 3.05) is 12.4 Å². The highest BCUT2D eigenvalue weighted by Gasteiger charge is 2.22. The summed E-state index contributed by atoms with van der Waals surface area (Å²) in [6.07, 6.45) is 0. The Morgan fingerprint density at radius 2 is 1.96 bits per heavy atom. The molecule has 1 aromatic heterocycles. The second-order valence-corrected chi connectivity index (χ2v) is 5.95. The number of nitro groups is 1. The average Bonchev–Trinajstić information content (AvgIpc) is 2.96. The molecule has 0 saturated carbocycles. The third-order valence-corrected chi connectivity index (χ3v) is 4.23. The number of aromatic nitrogens is 2. The van der Waals surface area contributed by atoms with Gasteiger partial charge in [0.1, 0.15) is 16.5 Å². The maximum atomic E-state index is 12.7. The van der Waals surface area contributed by atoms with Crippen LogP contribution in [0.5, 0.6) is 5.75 Å². The van der Waals surface area contributed by atoms with Crippen molar-refractivity contribution in [3.63, 3.8) is 0 Å². The van der Waals surface area contributed by atoms with Gasteiger partial charge in [-0.25, -0.2) is 4.68 Å². The van der Waals surface area contributed by atoms with E-state index in [0.717, 1.165) is 5.69 Å². The van der Waals surface area contributed by atoms with Crippen LogP contribution in [0, 0.1) is 17.0 Å². The summed E-state index contributed by atoms with van der Waals surface area (Å²) < 4.78 is 6.61. The fourth-order valence-electron chi connectivity index (χ4n) is 2.58. The van der Waals surface area contributed by atoms with E-state index in [-0.39, 0.29) is 27.8 Å². The minimum Gasteiger partial charge on any atom is -0.494 e. The van der Waals surface area contributed by atoms with Gasteiger partial charge in [0.25, 0.3) is 11.6 Å². The van der Waals surface area contributed by atoms with Crippen LogP contribution in [0.3, 0.4) is 0 Å². The molecule has 0 atom stereocenters. The van der Waals surface area contributed by atoms with Crippen LogP contribution in [0.25, 0.3) is 5.69 Å². The standard InChI is InChI=1S/C18H15ClN4O4/c1-11-16(17(19)22(21-11)12-6-4-3-5-7-12)18(24)20-14-9-8-13(23(25)26)10-15(14)27-2/h3-10H,1-2H3,(H,20,24). The highest BCUT2D eigenvalue weighted by Crippen LogP contribution is 2.31. The number of carbonyl (C=O) groups excluding carboxylic acids is 1. The monoisotopic (exact) mass is 386 g/mol. The Morgan fingerprint density at radius 1 is 1.26 bits per heavy atom. The normalized spacial score (nSPS) is 10.5. The van der Waals surface area contributed by atoms with Crippen molar-refractivity contribution in [3.05, 3.63) is 75.1 Å². The van der Waals surface area contributed by atoms with E-state index in [4.69, 9.17) is 16.3 Å². The van der Waals surface area contributed by atoms with Gasteiger partial charge in [-0.05, 0) is 25.1 Å².